The van der Waals surface area contributed by atoms with Gasteiger partial charge in [0.1, 0.15) is 9.84 Å². The fraction of sp³-hybridized carbons (Fsp3) is 0.769. The highest BCUT2D eigenvalue weighted by atomic mass is 32.2. The third-order valence-corrected chi connectivity index (χ3v) is 4.19. The SMILES string of the molecule is CCC(CC)n1ccc(CNCCCS(C)(=O)=O)n1. The van der Waals surface area contributed by atoms with E-state index in [9.17, 15) is 8.42 Å². The third kappa shape index (κ3) is 6.20. The van der Waals surface area contributed by atoms with E-state index in [-0.39, 0.29) is 5.75 Å². The molecule has 6 heteroatoms. The molecule has 5 nitrogen and oxygen atoms in total. The summed E-state index contributed by atoms with van der Waals surface area (Å²) in [6.45, 7) is 5.72. The Balaban J connectivity index is 2.31. The summed E-state index contributed by atoms with van der Waals surface area (Å²) < 4.78 is 24.0. The third-order valence-electron chi connectivity index (χ3n) is 3.15. The van der Waals surface area contributed by atoms with Gasteiger partial charge in [0.2, 0.25) is 0 Å². The Bertz CT molecular complexity index is 464. The first-order valence-corrected chi connectivity index (χ1v) is 8.94. The van der Waals surface area contributed by atoms with E-state index in [2.05, 4.69) is 24.3 Å². The van der Waals surface area contributed by atoms with E-state index in [0.29, 0.717) is 25.6 Å². The zero-order chi connectivity index (χ0) is 14.3. The Morgan fingerprint density at radius 2 is 2.05 bits per heavy atom. The van der Waals surface area contributed by atoms with Gasteiger partial charge in [0.25, 0.3) is 0 Å². The highest BCUT2D eigenvalue weighted by Crippen LogP contribution is 2.14. The van der Waals surface area contributed by atoms with Crippen LogP contribution in [0, 0.1) is 0 Å². The predicted octanol–water partition coefficient (Wildman–Crippen LogP) is 1.77. The topological polar surface area (TPSA) is 64.0 Å². The van der Waals surface area contributed by atoms with Crippen molar-refractivity contribution < 1.29 is 8.42 Å². The van der Waals surface area contributed by atoms with Crippen LogP contribution in [0.2, 0.25) is 0 Å². The molecule has 0 aromatic carbocycles. The minimum Gasteiger partial charge on any atom is -0.311 e. The molecule has 0 fully saturated rings. The Morgan fingerprint density at radius 1 is 1.37 bits per heavy atom. The van der Waals surface area contributed by atoms with E-state index in [0.717, 1.165) is 18.5 Å². The lowest BCUT2D eigenvalue weighted by Crippen LogP contribution is -2.18. The number of nitrogens with zero attached hydrogens (tertiary/aromatic N) is 2. The minimum atomic E-state index is -2.84. The van der Waals surface area contributed by atoms with Crippen LogP contribution in [0.5, 0.6) is 0 Å². The van der Waals surface area contributed by atoms with E-state index in [4.69, 9.17) is 0 Å². The second kappa shape index (κ2) is 7.65. The van der Waals surface area contributed by atoms with E-state index < -0.39 is 9.84 Å². The molecular formula is C13H25N3O2S. The monoisotopic (exact) mass is 287 g/mol. The van der Waals surface area contributed by atoms with E-state index in [1.807, 2.05) is 16.9 Å². The molecule has 0 aliphatic heterocycles. The van der Waals surface area contributed by atoms with Gasteiger partial charge in [-0.05, 0) is 31.9 Å². The summed E-state index contributed by atoms with van der Waals surface area (Å²) in [7, 11) is -2.84. The maximum absolute atomic E-state index is 11.0. The zero-order valence-electron chi connectivity index (χ0n) is 12.1. The molecule has 0 spiro atoms. The maximum Gasteiger partial charge on any atom is 0.147 e. The van der Waals surface area contributed by atoms with Crippen LogP contribution in [0.4, 0.5) is 0 Å². The van der Waals surface area contributed by atoms with Crippen molar-refractivity contribution in [1.82, 2.24) is 15.1 Å². The predicted molar refractivity (Wildman–Crippen MR) is 77.9 cm³/mol. The van der Waals surface area contributed by atoms with Gasteiger partial charge in [0, 0.05) is 19.0 Å². The van der Waals surface area contributed by atoms with Crippen LogP contribution in [-0.4, -0.2) is 36.8 Å². The van der Waals surface area contributed by atoms with Gasteiger partial charge in [-0.3, -0.25) is 4.68 Å². The Morgan fingerprint density at radius 3 is 2.63 bits per heavy atom. The van der Waals surface area contributed by atoms with Crippen LogP contribution in [0.1, 0.15) is 44.8 Å². The highest BCUT2D eigenvalue weighted by molar-refractivity contribution is 7.90. The molecular weight excluding hydrogens is 262 g/mol. The lowest BCUT2D eigenvalue weighted by atomic mass is 10.2. The van der Waals surface area contributed by atoms with E-state index >= 15 is 0 Å². The molecule has 0 unspecified atom stereocenters. The lowest BCUT2D eigenvalue weighted by Gasteiger charge is -2.12. The Kier molecular flexibility index (Phi) is 6.51. The largest absolute Gasteiger partial charge is 0.311 e. The number of sulfone groups is 1. The fourth-order valence-corrected chi connectivity index (χ4v) is 2.68. The zero-order valence-corrected chi connectivity index (χ0v) is 12.9. The minimum absolute atomic E-state index is 0.238. The summed E-state index contributed by atoms with van der Waals surface area (Å²) in [4.78, 5) is 0. The van der Waals surface area contributed by atoms with Crippen LogP contribution >= 0.6 is 0 Å². The summed E-state index contributed by atoms with van der Waals surface area (Å²) >= 11 is 0. The number of aromatic nitrogens is 2. The van der Waals surface area contributed by atoms with E-state index in [1.165, 1.54) is 6.26 Å². The van der Waals surface area contributed by atoms with Crippen molar-refractivity contribution in [2.45, 2.75) is 45.7 Å². The standard InChI is InChI=1S/C13H25N3O2S/c1-4-13(5-2)16-9-7-12(15-16)11-14-8-6-10-19(3,17)18/h7,9,13-14H,4-6,8,10-11H2,1-3H3. The molecule has 1 aromatic rings. The number of hydrogen-bond acceptors (Lipinski definition) is 4. The molecule has 0 aliphatic rings. The molecule has 0 bridgehead atoms. The molecule has 1 rings (SSSR count). The number of nitrogens with one attached hydrogen (secondary N) is 1. The van der Waals surface area contributed by atoms with Gasteiger partial charge < -0.3 is 5.32 Å². The van der Waals surface area contributed by atoms with Crippen LogP contribution in [0.3, 0.4) is 0 Å². The second-order valence-corrected chi connectivity index (χ2v) is 7.18. The summed E-state index contributed by atoms with van der Waals surface area (Å²) in [6, 6.07) is 2.49. The smallest absolute Gasteiger partial charge is 0.147 e. The molecule has 0 radical (unpaired) electrons. The second-order valence-electron chi connectivity index (χ2n) is 4.92. The Hall–Kier alpha value is -0.880. The summed E-state index contributed by atoms with van der Waals surface area (Å²) in [5.74, 6) is 0.238. The summed E-state index contributed by atoms with van der Waals surface area (Å²) in [6.07, 6.45) is 6.10. The van der Waals surface area contributed by atoms with Crippen LogP contribution in [0.25, 0.3) is 0 Å². The summed E-state index contributed by atoms with van der Waals surface area (Å²) in [5.41, 5.74) is 1.01. The average Bonchev–Trinajstić information content (AvgIpc) is 2.77. The Labute approximate surface area is 116 Å². The highest BCUT2D eigenvalue weighted by Gasteiger charge is 2.07. The van der Waals surface area contributed by atoms with Gasteiger partial charge in [-0.2, -0.15) is 5.10 Å². The molecule has 1 heterocycles. The van der Waals surface area contributed by atoms with Crippen molar-refractivity contribution in [1.29, 1.82) is 0 Å². The van der Waals surface area contributed by atoms with Gasteiger partial charge in [-0.1, -0.05) is 13.8 Å². The number of hydrogen-bond donors (Lipinski definition) is 1. The fourth-order valence-electron chi connectivity index (χ4n) is 2.01. The van der Waals surface area contributed by atoms with Crippen molar-refractivity contribution in [3.63, 3.8) is 0 Å². The molecule has 1 aromatic heterocycles. The lowest BCUT2D eigenvalue weighted by molar-refractivity contribution is 0.424. The van der Waals surface area contributed by atoms with Crippen molar-refractivity contribution in [3.05, 3.63) is 18.0 Å². The van der Waals surface area contributed by atoms with Gasteiger partial charge >= 0.3 is 0 Å². The molecule has 0 amide bonds. The average molecular weight is 287 g/mol. The van der Waals surface area contributed by atoms with Crippen LogP contribution < -0.4 is 5.32 Å². The first kappa shape index (κ1) is 16.2. The normalized spacial score (nSPS) is 12.2. The van der Waals surface area contributed by atoms with Crippen LogP contribution in [-0.2, 0) is 16.4 Å². The van der Waals surface area contributed by atoms with Crippen LogP contribution in [0.15, 0.2) is 12.3 Å². The first-order valence-electron chi connectivity index (χ1n) is 6.88. The number of rotatable bonds is 9. The van der Waals surface area contributed by atoms with Gasteiger partial charge in [0.05, 0.1) is 17.5 Å². The quantitative estimate of drug-likeness (QED) is 0.703. The molecule has 110 valence electrons. The summed E-state index contributed by atoms with van der Waals surface area (Å²) in [5, 5.41) is 7.76. The van der Waals surface area contributed by atoms with Gasteiger partial charge in [-0.25, -0.2) is 8.42 Å². The van der Waals surface area contributed by atoms with Crippen molar-refractivity contribution in [3.8, 4) is 0 Å². The van der Waals surface area contributed by atoms with Crippen molar-refractivity contribution >= 4 is 9.84 Å². The van der Waals surface area contributed by atoms with E-state index in [1.54, 1.807) is 0 Å². The van der Waals surface area contributed by atoms with Crippen molar-refractivity contribution in [2.75, 3.05) is 18.6 Å². The maximum atomic E-state index is 11.0. The molecule has 0 aliphatic carbocycles. The first-order chi connectivity index (χ1) is 8.96. The van der Waals surface area contributed by atoms with Gasteiger partial charge in [-0.15, -0.1) is 0 Å². The molecule has 0 saturated carbocycles. The molecule has 19 heavy (non-hydrogen) atoms. The molecule has 0 atom stereocenters. The van der Waals surface area contributed by atoms with Crippen molar-refractivity contribution in [2.24, 2.45) is 0 Å². The molecule has 0 saturated heterocycles. The molecule has 1 N–H and O–H groups in total. The van der Waals surface area contributed by atoms with Gasteiger partial charge in [0.15, 0.2) is 0 Å².